The molecule has 0 aliphatic carbocycles. The van der Waals surface area contributed by atoms with Gasteiger partial charge >= 0.3 is 0 Å². The maximum absolute atomic E-state index is 12.4. The minimum absolute atomic E-state index is 0.0757. The van der Waals surface area contributed by atoms with Crippen molar-refractivity contribution >= 4 is 28.3 Å². The van der Waals surface area contributed by atoms with E-state index in [1.807, 2.05) is 35.7 Å². The van der Waals surface area contributed by atoms with Gasteiger partial charge in [-0.15, -0.1) is 11.3 Å². The molecule has 4 nitrogen and oxygen atoms in total. The van der Waals surface area contributed by atoms with Crippen LogP contribution in [-0.4, -0.2) is 15.9 Å². The molecule has 2 N–H and O–H groups in total. The Labute approximate surface area is 146 Å². The molecule has 1 unspecified atom stereocenters. The summed E-state index contributed by atoms with van der Waals surface area (Å²) in [6.45, 7) is 4.32. The SMILES string of the molecule is CC(C)CC(NC(=O)CCc1cccs1)c1nc2ccccc2[nH]1. The number of imidazole rings is 1. The fraction of sp³-hybridized carbons (Fsp3) is 0.368. The molecular formula is C19H23N3OS. The van der Waals surface area contributed by atoms with Crippen LogP contribution in [0.5, 0.6) is 0 Å². The molecule has 126 valence electrons. The molecule has 1 amide bonds. The predicted molar refractivity (Wildman–Crippen MR) is 99.1 cm³/mol. The zero-order chi connectivity index (χ0) is 16.9. The Morgan fingerprint density at radius 1 is 1.25 bits per heavy atom. The summed E-state index contributed by atoms with van der Waals surface area (Å²) in [5.74, 6) is 1.39. The predicted octanol–water partition coefficient (Wildman–Crippen LogP) is 4.46. The van der Waals surface area contributed by atoms with Gasteiger partial charge in [0.25, 0.3) is 0 Å². The van der Waals surface area contributed by atoms with Gasteiger partial charge in [0.1, 0.15) is 5.82 Å². The molecule has 0 saturated carbocycles. The number of hydrogen-bond acceptors (Lipinski definition) is 3. The number of aryl methyl sites for hydroxylation is 1. The first-order chi connectivity index (χ1) is 11.6. The second-order valence-electron chi connectivity index (χ2n) is 6.47. The van der Waals surface area contributed by atoms with Gasteiger partial charge in [-0.3, -0.25) is 4.79 Å². The first kappa shape index (κ1) is 16.7. The van der Waals surface area contributed by atoms with E-state index in [0.29, 0.717) is 12.3 Å². The first-order valence-electron chi connectivity index (χ1n) is 8.38. The summed E-state index contributed by atoms with van der Waals surface area (Å²) in [7, 11) is 0. The molecule has 24 heavy (non-hydrogen) atoms. The van der Waals surface area contributed by atoms with Crippen LogP contribution < -0.4 is 5.32 Å². The third-order valence-corrected chi connectivity index (χ3v) is 4.89. The average Bonchev–Trinajstić information content (AvgIpc) is 3.21. The monoisotopic (exact) mass is 341 g/mol. The number of carbonyl (C=O) groups excluding carboxylic acids is 1. The number of H-pyrrole nitrogens is 1. The van der Waals surface area contributed by atoms with E-state index in [9.17, 15) is 4.79 Å². The molecule has 1 aromatic carbocycles. The lowest BCUT2D eigenvalue weighted by Crippen LogP contribution is -2.30. The van der Waals surface area contributed by atoms with Crippen LogP contribution in [0.4, 0.5) is 0 Å². The Hall–Kier alpha value is -2.14. The maximum atomic E-state index is 12.4. The number of nitrogens with one attached hydrogen (secondary N) is 2. The highest BCUT2D eigenvalue weighted by atomic mass is 32.1. The normalized spacial score (nSPS) is 12.6. The Balaban J connectivity index is 1.69. The number of carbonyl (C=O) groups is 1. The molecule has 2 heterocycles. The van der Waals surface area contributed by atoms with Crippen LogP contribution in [-0.2, 0) is 11.2 Å². The number of para-hydroxylation sites is 2. The largest absolute Gasteiger partial charge is 0.346 e. The third-order valence-electron chi connectivity index (χ3n) is 3.96. The molecule has 1 atom stereocenters. The van der Waals surface area contributed by atoms with E-state index >= 15 is 0 Å². The van der Waals surface area contributed by atoms with Gasteiger partial charge in [0.15, 0.2) is 0 Å². The number of nitrogens with zero attached hydrogens (tertiary/aromatic N) is 1. The number of amides is 1. The number of thiophene rings is 1. The number of fused-ring (bicyclic) bond motifs is 1. The van der Waals surface area contributed by atoms with Crippen molar-refractivity contribution in [2.75, 3.05) is 0 Å². The Morgan fingerprint density at radius 2 is 2.08 bits per heavy atom. The van der Waals surface area contributed by atoms with E-state index < -0.39 is 0 Å². The van der Waals surface area contributed by atoms with Crippen molar-refractivity contribution in [1.29, 1.82) is 0 Å². The van der Waals surface area contributed by atoms with Crippen molar-refractivity contribution in [3.63, 3.8) is 0 Å². The number of hydrogen-bond donors (Lipinski definition) is 2. The lowest BCUT2D eigenvalue weighted by molar-refractivity contribution is -0.122. The Bertz CT molecular complexity index is 759. The minimum atomic E-state index is -0.0757. The molecule has 3 rings (SSSR count). The zero-order valence-corrected chi connectivity index (χ0v) is 14.9. The summed E-state index contributed by atoms with van der Waals surface area (Å²) in [4.78, 5) is 21.6. The first-order valence-corrected chi connectivity index (χ1v) is 9.26. The van der Waals surface area contributed by atoms with E-state index in [2.05, 4.69) is 35.2 Å². The quantitative estimate of drug-likeness (QED) is 0.666. The molecule has 0 fully saturated rings. The van der Waals surface area contributed by atoms with Gasteiger partial charge in [0.05, 0.1) is 17.1 Å². The smallest absolute Gasteiger partial charge is 0.220 e. The summed E-state index contributed by atoms with van der Waals surface area (Å²) in [5.41, 5.74) is 1.95. The minimum Gasteiger partial charge on any atom is -0.346 e. The van der Waals surface area contributed by atoms with Crippen LogP contribution in [0.15, 0.2) is 41.8 Å². The van der Waals surface area contributed by atoms with Crippen molar-refractivity contribution in [2.24, 2.45) is 5.92 Å². The van der Waals surface area contributed by atoms with E-state index in [1.54, 1.807) is 11.3 Å². The van der Waals surface area contributed by atoms with E-state index in [1.165, 1.54) is 4.88 Å². The van der Waals surface area contributed by atoms with Gasteiger partial charge in [-0.2, -0.15) is 0 Å². The molecular weight excluding hydrogens is 318 g/mol. The van der Waals surface area contributed by atoms with Crippen LogP contribution in [0, 0.1) is 5.92 Å². The number of aromatic nitrogens is 2. The third kappa shape index (κ3) is 4.23. The van der Waals surface area contributed by atoms with E-state index in [0.717, 1.165) is 29.7 Å². The highest BCUT2D eigenvalue weighted by Crippen LogP contribution is 2.22. The van der Waals surface area contributed by atoms with Gasteiger partial charge < -0.3 is 10.3 Å². The van der Waals surface area contributed by atoms with Crippen LogP contribution in [0.25, 0.3) is 11.0 Å². The van der Waals surface area contributed by atoms with Gasteiger partial charge in [-0.05, 0) is 42.3 Å². The lowest BCUT2D eigenvalue weighted by Gasteiger charge is -2.18. The summed E-state index contributed by atoms with van der Waals surface area (Å²) in [6.07, 6.45) is 2.16. The molecule has 0 aliphatic heterocycles. The summed E-state index contributed by atoms with van der Waals surface area (Å²) in [6, 6.07) is 12.0. The Morgan fingerprint density at radius 3 is 2.79 bits per heavy atom. The standard InChI is InChI=1S/C19H23N3OS/c1-13(2)12-17(19-21-15-7-3-4-8-16(15)22-19)20-18(23)10-9-14-6-5-11-24-14/h3-8,11,13,17H,9-10,12H2,1-2H3,(H,20,23)(H,21,22). The fourth-order valence-corrected chi connectivity index (χ4v) is 3.51. The van der Waals surface area contributed by atoms with Gasteiger partial charge in [0, 0.05) is 11.3 Å². The summed E-state index contributed by atoms with van der Waals surface area (Å²) < 4.78 is 0. The number of benzene rings is 1. The molecule has 0 aliphatic rings. The van der Waals surface area contributed by atoms with Gasteiger partial charge in [-0.1, -0.05) is 32.0 Å². The van der Waals surface area contributed by atoms with E-state index in [-0.39, 0.29) is 11.9 Å². The van der Waals surface area contributed by atoms with Crippen molar-refractivity contribution in [2.45, 2.75) is 39.2 Å². The van der Waals surface area contributed by atoms with Crippen molar-refractivity contribution in [3.05, 3.63) is 52.5 Å². The average molecular weight is 341 g/mol. The van der Waals surface area contributed by atoms with Crippen molar-refractivity contribution < 1.29 is 4.79 Å². The second kappa shape index (κ2) is 7.62. The Kier molecular flexibility index (Phi) is 5.30. The van der Waals surface area contributed by atoms with Crippen LogP contribution in [0.3, 0.4) is 0 Å². The molecule has 0 bridgehead atoms. The molecule has 5 heteroatoms. The van der Waals surface area contributed by atoms with Crippen LogP contribution in [0.1, 0.15) is 43.4 Å². The van der Waals surface area contributed by atoms with Crippen molar-refractivity contribution in [1.82, 2.24) is 15.3 Å². The highest BCUT2D eigenvalue weighted by molar-refractivity contribution is 7.09. The van der Waals surface area contributed by atoms with E-state index in [4.69, 9.17) is 0 Å². The molecule has 0 spiro atoms. The van der Waals surface area contributed by atoms with Gasteiger partial charge in [0.2, 0.25) is 5.91 Å². The fourth-order valence-electron chi connectivity index (χ4n) is 2.81. The molecule has 3 aromatic rings. The highest BCUT2D eigenvalue weighted by Gasteiger charge is 2.19. The van der Waals surface area contributed by atoms with Crippen molar-refractivity contribution in [3.8, 4) is 0 Å². The number of aromatic amines is 1. The summed E-state index contributed by atoms with van der Waals surface area (Å²) >= 11 is 1.70. The topological polar surface area (TPSA) is 57.8 Å². The molecule has 0 radical (unpaired) electrons. The molecule has 2 aromatic heterocycles. The zero-order valence-electron chi connectivity index (χ0n) is 14.1. The lowest BCUT2D eigenvalue weighted by atomic mass is 10.0. The molecule has 0 saturated heterocycles. The van der Waals surface area contributed by atoms with Gasteiger partial charge in [-0.25, -0.2) is 4.98 Å². The number of rotatable bonds is 7. The summed E-state index contributed by atoms with van der Waals surface area (Å²) in [5, 5.41) is 5.20. The maximum Gasteiger partial charge on any atom is 0.220 e. The van der Waals surface area contributed by atoms with Crippen LogP contribution >= 0.6 is 11.3 Å². The van der Waals surface area contributed by atoms with Crippen LogP contribution in [0.2, 0.25) is 0 Å². The second-order valence-corrected chi connectivity index (χ2v) is 7.50.